The van der Waals surface area contributed by atoms with Gasteiger partial charge in [-0.05, 0) is 104 Å². The van der Waals surface area contributed by atoms with Crippen molar-refractivity contribution in [1.29, 1.82) is 5.26 Å². The Bertz CT molecular complexity index is 1670. The molecule has 1 saturated heterocycles. The number of rotatable bonds is 6. The number of ether oxygens (including phenoxy) is 1. The van der Waals surface area contributed by atoms with Gasteiger partial charge in [0.05, 0.1) is 16.9 Å². The van der Waals surface area contributed by atoms with Crippen LogP contribution in [0.2, 0.25) is 0 Å². The Kier molecular flexibility index (Phi) is 8.61. The van der Waals surface area contributed by atoms with Gasteiger partial charge < -0.3 is 9.64 Å². The molecular formula is C35H33FN2O2S3. The summed E-state index contributed by atoms with van der Waals surface area (Å²) in [6.45, 7) is 3.71. The van der Waals surface area contributed by atoms with Gasteiger partial charge in [-0.1, -0.05) is 82.3 Å². The fourth-order valence-electron chi connectivity index (χ4n) is 7.03. The predicted octanol–water partition coefficient (Wildman–Crippen LogP) is 8.93. The van der Waals surface area contributed by atoms with Crippen LogP contribution < -0.4 is 4.74 Å². The Balaban J connectivity index is 1.18. The van der Waals surface area contributed by atoms with E-state index in [2.05, 4.69) is 17.9 Å². The lowest BCUT2D eigenvalue weighted by molar-refractivity contribution is -0.146. The number of hydrogen-bond acceptors (Lipinski definition) is 7. The molecule has 6 rings (SSSR count). The zero-order valence-electron chi connectivity index (χ0n) is 24.0. The first-order chi connectivity index (χ1) is 20.8. The van der Waals surface area contributed by atoms with E-state index in [4.69, 9.17) is 17.0 Å². The normalized spacial score (nSPS) is 26.0. The van der Waals surface area contributed by atoms with Crippen molar-refractivity contribution < 1.29 is 13.9 Å². The van der Waals surface area contributed by atoms with Crippen molar-refractivity contribution in [2.24, 2.45) is 5.92 Å². The Labute approximate surface area is 264 Å². The van der Waals surface area contributed by atoms with Crippen molar-refractivity contribution >= 4 is 38.9 Å². The van der Waals surface area contributed by atoms with Gasteiger partial charge in [0.2, 0.25) is 0 Å². The van der Waals surface area contributed by atoms with Crippen LogP contribution in [0.25, 0.3) is 10.4 Å². The van der Waals surface area contributed by atoms with Crippen LogP contribution in [0, 0.1) is 26.9 Å². The minimum absolute atomic E-state index is 0.0215. The van der Waals surface area contributed by atoms with E-state index in [1.165, 1.54) is 12.1 Å². The Morgan fingerprint density at radius 1 is 0.977 bits per heavy atom. The molecule has 3 aromatic carbocycles. The van der Waals surface area contributed by atoms with Crippen molar-refractivity contribution in [2.75, 3.05) is 13.1 Å². The molecule has 0 N–H and O–H groups in total. The van der Waals surface area contributed by atoms with E-state index in [-0.39, 0.29) is 17.7 Å². The van der Waals surface area contributed by atoms with Crippen molar-refractivity contribution in [2.45, 2.75) is 55.9 Å². The van der Waals surface area contributed by atoms with Crippen LogP contribution in [-0.2, 0) is 15.6 Å². The summed E-state index contributed by atoms with van der Waals surface area (Å²) in [5.41, 5.74) is 1.62. The van der Waals surface area contributed by atoms with Crippen LogP contribution >= 0.6 is 32.9 Å². The standard InChI is InChI=1S/C35H33FN2O2S3/c1-24-22-38(29-15-17-34(23-37,18-16-29)26-9-11-28(36)12-10-26)20-19-35(24,27-5-3-2-4-6-27)33(39)40-30-13-7-25(8-14-30)31-21-32(41)43-42-31/h2-14,21,24,29H,15-20,22H2,1H3/t24-,29?,34?,35-/m0/s1. The fourth-order valence-corrected chi connectivity index (χ4v) is 9.44. The van der Waals surface area contributed by atoms with Crippen LogP contribution in [-0.4, -0.2) is 30.0 Å². The van der Waals surface area contributed by atoms with E-state index in [0.717, 1.165) is 64.2 Å². The van der Waals surface area contributed by atoms with Gasteiger partial charge in [0.25, 0.3) is 0 Å². The first-order valence-corrected chi connectivity index (χ1v) is 17.3. The smallest absolute Gasteiger partial charge is 0.322 e. The minimum Gasteiger partial charge on any atom is -0.426 e. The van der Waals surface area contributed by atoms with E-state index in [1.54, 1.807) is 32.8 Å². The predicted molar refractivity (Wildman–Crippen MR) is 174 cm³/mol. The molecule has 2 heterocycles. The number of nitriles is 1. The highest BCUT2D eigenvalue weighted by Gasteiger charge is 2.51. The lowest BCUT2D eigenvalue weighted by atomic mass is 9.65. The molecule has 1 aliphatic carbocycles. The topological polar surface area (TPSA) is 53.3 Å². The maximum absolute atomic E-state index is 14.1. The van der Waals surface area contributed by atoms with Crippen molar-refractivity contribution in [3.05, 3.63) is 106 Å². The Morgan fingerprint density at radius 2 is 1.67 bits per heavy atom. The summed E-state index contributed by atoms with van der Waals surface area (Å²) in [5, 5.41) is 10.1. The third kappa shape index (κ3) is 5.84. The highest BCUT2D eigenvalue weighted by atomic mass is 32.9. The lowest BCUT2D eigenvalue weighted by Crippen LogP contribution is -2.57. The maximum Gasteiger partial charge on any atom is 0.322 e. The molecule has 0 unspecified atom stereocenters. The molecule has 1 aliphatic heterocycles. The molecule has 220 valence electrons. The van der Waals surface area contributed by atoms with Crippen LogP contribution in [0.5, 0.6) is 5.75 Å². The second-order valence-electron chi connectivity index (χ2n) is 11.8. The van der Waals surface area contributed by atoms with Crippen LogP contribution in [0.1, 0.15) is 50.2 Å². The number of likely N-dealkylation sites (tertiary alicyclic amines) is 1. The van der Waals surface area contributed by atoms with Crippen molar-refractivity contribution in [1.82, 2.24) is 4.90 Å². The van der Waals surface area contributed by atoms with E-state index >= 15 is 0 Å². The maximum atomic E-state index is 14.1. The monoisotopic (exact) mass is 628 g/mol. The molecular weight excluding hydrogens is 596 g/mol. The van der Waals surface area contributed by atoms with Gasteiger partial charge in [0.15, 0.2) is 0 Å². The largest absolute Gasteiger partial charge is 0.426 e. The minimum atomic E-state index is -0.762. The molecule has 0 spiro atoms. The molecule has 2 atom stereocenters. The molecule has 2 fully saturated rings. The van der Waals surface area contributed by atoms with Gasteiger partial charge in [0, 0.05) is 17.5 Å². The molecule has 1 saturated carbocycles. The first kappa shape index (κ1) is 29.8. The fraction of sp³-hybridized carbons (Fsp3) is 0.343. The molecule has 1 aromatic heterocycles. The SMILES string of the molecule is C[C@H]1CN(C2CCC(C#N)(c3ccc(F)cc3)CC2)CC[C@@]1(C(=O)Oc1ccc(-c2cc(=S)ss2)cc1)c1ccccc1. The first-order valence-electron chi connectivity index (χ1n) is 14.7. The summed E-state index contributed by atoms with van der Waals surface area (Å²) in [6.07, 6.45) is 3.93. The number of hydrogen-bond donors (Lipinski definition) is 0. The quantitative estimate of drug-likeness (QED) is 0.0924. The van der Waals surface area contributed by atoms with E-state index in [9.17, 15) is 14.4 Å². The average Bonchev–Trinajstić information content (AvgIpc) is 3.48. The van der Waals surface area contributed by atoms with Crippen molar-refractivity contribution in [3.8, 4) is 22.3 Å². The summed E-state index contributed by atoms with van der Waals surface area (Å²) < 4.78 is 20.5. The van der Waals surface area contributed by atoms with Gasteiger partial charge in [-0.2, -0.15) is 5.26 Å². The molecule has 8 heteroatoms. The molecule has 0 radical (unpaired) electrons. The zero-order chi connectivity index (χ0) is 30.0. The number of benzene rings is 3. The van der Waals surface area contributed by atoms with Gasteiger partial charge >= 0.3 is 5.97 Å². The average molecular weight is 629 g/mol. The summed E-state index contributed by atoms with van der Waals surface area (Å²) in [7, 11) is 3.23. The molecule has 2 aliphatic rings. The molecule has 4 nitrogen and oxygen atoms in total. The third-order valence-electron chi connectivity index (χ3n) is 9.54. The number of nitrogens with zero attached hydrogens (tertiary/aromatic N) is 2. The number of carbonyl (C=O) groups is 1. The van der Waals surface area contributed by atoms with Gasteiger partial charge in [-0.15, -0.1) is 0 Å². The highest BCUT2D eigenvalue weighted by molar-refractivity contribution is 7.80. The summed E-state index contributed by atoms with van der Waals surface area (Å²) in [6, 6.07) is 29.1. The molecule has 0 amide bonds. The number of esters is 1. The van der Waals surface area contributed by atoms with Gasteiger partial charge in [-0.25, -0.2) is 4.39 Å². The van der Waals surface area contributed by atoms with Gasteiger partial charge in [0.1, 0.15) is 15.4 Å². The van der Waals surface area contributed by atoms with Gasteiger partial charge in [-0.3, -0.25) is 4.79 Å². The Morgan fingerprint density at radius 3 is 2.28 bits per heavy atom. The lowest BCUT2D eigenvalue weighted by Gasteiger charge is -2.49. The Hall–Kier alpha value is -3.22. The zero-order valence-corrected chi connectivity index (χ0v) is 26.5. The second-order valence-corrected chi connectivity index (χ2v) is 14.7. The number of piperidine rings is 1. The second kappa shape index (κ2) is 12.4. The van der Waals surface area contributed by atoms with E-state index in [0.29, 0.717) is 18.2 Å². The summed E-state index contributed by atoms with van der Waals surface area (Å²) in [4.78, 5) is 17.8. The number of carbonyl (C=O) groups excluding carboxylic acids is 1. The highest BCUT2D eigenvalue weighted by Crippen LogP contribution is 2.45. The van der Waals surface area contributed by atoms with Crippen LogP contribution in [0.3, 0.4) is 0 Å². The van der Waals surface area contributed by atoms with E-state index < -0.39 is 10.8 Å². The molecule has 43 heavy (non-hydrogen) atoms. The van der Waals surface area contributed by atoms with Crippen LogP contribution in [0.4, 0.5) is 4.39 Å². The summed E-state index contributed by atoms with van der Waals surface area (Å²) >= 11 is 5.28. The number of halogens is 1. The summed E-state index contributed by atoms with van der Waals surface area (Å²) in [5.74, 6) is 0.0651. The molecule has 0 bridgehead atoms. The molecule has 4 aromatic rings. The van der Waals surface area contributed by atoms with E-state index in [1.807, 2.05) is 60.7 Å². The van der Waals surface area contributed by atoms with Crippen molar-refractivity contribution in [3.63, 3.8) is 0 Å². The van der Waals surface area contributed by atoms with Crippen LogP contribution in [0.15, 0.2) is 84.9 Å². The third-order valence-corrected chi connectivity index (χ3v) is 12.5.